The van der Waals surface area contributed by atoms with E-state index in [-0.39, 0.29) is 18.5 Å². The lowest BCUT2D eigenvalue weighted by molar-refractivity contribution is -0.150. The molecular formula is C18H24O5. The number of carbonyl (C=O) groups is 1. The van der Waals surface area contributed by atoms with Crippen LogP contribution in [0.4, 0.5) is 0 Å². The minimum Gasteiger partial charge on any atom is -0.493 e. The molecule has 3 unspecified atom stereocenters. The zero-order valence-corrected chi connectivity index (χ0v) is 14.0. The zero-order chi connectivity index (χ0) is 16.4. The topological polar surface area (TPSA) is 54.0 Å². The van der Waals surface area contributed by atoms with E-state index < -0.39 is 0 Å². The van der Waals surface area contributed by atoms with E-state index in [2.05, 4.69) is 0 Å². The van der Waals surface area contributed by atoms with Crippen LogP contribution in [0.2, 0.25) is 0 Å². The normalized spacial score (nSPS) is 25.3. The fraction of sp³-hybridized carbons (Fsp3) is 0.611. The van der Waals surface area contributed by atoms with Crippen LogP contribution in [-0.4, -0.2) is 33.4 Å². The second-order valence-electron chi connectivity index (χ2n) is 6.41. The van der Waals surface area contributed by atoms with Crippen molar-refractivity contribution >= 4 is 5.97 Å². The third-order valence-electron chi connectivity index (χ3n) is 5.03. The van der Waals surface area contributed by atoms with E-state index in [9.17, 15) is 4.79 Å². The number of ether oxygens (including phenoxy) is 4. The van der Waals surface area contributed by atoms with Crippen molar-refractivity contribution in [2.24, 2.45) is 11.8 Å². The molecule has 1 aromatic rings. The minimum absolute atomic E-state index is 0.114. The Morgan fingerprint density at radius 3 is 2.22 bits per heavy atom. The molecule has 0 aliphatic heterocycles. The summed E-state index contributed by atoms with van der Waals surface area (Å²) < 4.78 is 21.6. The fourth-order valence-corrected chi connectivity index (χ4v) is 3.95. The summed E-state index contributed by atoms with van der Waals surface area (Å²) in [5.41, 5.74) is 0.799. The first kappa shape index (κ1) is 16.0. The lowest BCUT2D eigenvalue weighted by atomic mass is 9.98. The molecule has 3 atom stereocenters. The lowest BCUT2D eigenvalue weighted by Gasteiger charge is -2.22. The van der Waals surface area contributed by atoms with Crippen LogP contribution in [-0.2, 0) is 16.0 Å². The molecule has 2 aliphatic carbocycles. The number of fused-ring (bicyclic) bond motifs is 2. The molecule has 0 saturated heterocycles. The van der Waals surface area contributed by atoms with Crippen molar-refractivity contribution in [3.8, 4) is 17.2 Å². The molecule has 0 amide bonds. The van der Waals surface area contributed by atoms with Crippen LogP contribution >= 0.6 is 0 Å². The van der Waals surface area contributed by atoms with Gasteiger partial charge in [0.15, 0.2) is 11.5 Å². The van der Waals surface area contributed by atoms with Gasteiger partial charge in [0, 0.05) is 0 Å². The first-order chi connectivity index (χ1) is 11.1. The SMILES string of the molecule is COc1cc(CC(=O)OC2CC3CCC2C3)cc(OC)c1OC. The number of rotatable bonds is 6. The minimum atomic E-state index is -0.183. The average molecular weight is 320 g/mol. The number of benzene rings is 1. The van der Waals surface area contributed by atoms with Gasteiger partial charge in [-0.25, -0.2) is 0 Å². The fourth-order valence-electron chi connectivity index (χ4n) is 3.95. The van der Waals surface area contributed by atoms with Gasteiger partial charge in [0.2, 0.25) is 5.75 Å². The Morgan fingerprint density at radius 2 is 1.74 bits per heavy atom. The van der Waals surface area contributed by atoms with Gasteiger partial charge in [-0.2, -0.15) is 0 Å². The summed E-state index contributed by atoms with van der Waals surface area (Å²) in [5, 5.41) is 0. The molecule has 5 heteroatoms. The van der Waals surface area contributed by atoms with Gasteiger partial charge in [0.05, 0.1) is 27.8 Å². The molecule has 2 aliphatic rings. The Balaban J connectivity index is 1.68. The van der Waals surface area contributed by atoms with Crippen molar-refractivity contribution in [3.63, 3.8) is 0 Å². The van der Waals surface area contributed by atoms with Crippen molar-refractivity contribution in [1.82, 2.24) is 0 Å². The van der Waals surface area contributed by atoms with Crippen molar-refractivity contribution in [2.75, 3.05) is 21.3 Å². The molecule has 0 N–H and O–H groups in total. The monoisotopic (exact) mass is 320 g/mol. The summed E-state index contributed by atoms with van der Waals surface area (Å²) in [4.78, 5) is 12.3. The van der Waals surface area contributed by atoms with Crippen molar-refractivity contribution in [1.29, 1.82) is 0 Å². The van der Waals surface area contributed by atoms with Crippen LogP contribution in [0.3, 0.4) is 0 Å². The van der Waals surface area contributed by atoms with Crippen LogP contribution in [0.15, 0.2) is 12.1 Å². The summed E-state index contributed by atoms with van der Waals surface area (Å²) in [6.07, 6.45) is 5.08. The summed E-state index contributed by atoms with van der Waals surface area (Å²) in [5.74, 6) is 2.78. The third-order valence-corrected chi connectivity index (χ3v) is 5.03. The van der Waals surface area contributed by atoms with Crippen LogP contribution in [0, 0.1) is 11.8 Å². The van der Waals surface area contributed by atoms with E-state index in [1.54, 1.807) is 33.5 Å². The zero-order valence-electron chi connectivity index (χ0n) is 14.0. The van der Waals surface area contributed by atoms with E-state index in [1.807, 2.05) is 0 Å². The van der Waals surface area contributed by atoms with E-state index in [0.717, 1.165) is 17.9 Å². The summed E-state index contributed by atoms with van der Waals surface area (Å²) in [6, 6.07) is 3.59. The van der Waals surface area contributed by atoms with E-state index in [4.69, 9.17) is 18.9 Å². The molecule has 0 spiro atoms. The van der Waals surface area contributed by atoms with Crippen molar-refractivity contribution in [3.05, 3.63) is 17.7 Å². The maximum absolute atomic E-state index is 12.3. The predicted molar refractivity (Wildman–Crippen MR) is 85.1 cm³/mol. The quantitative estimate of drug-likeness (QED) is 0.754. The van der Waals surface area contributed by atoms with Crippen LogP contribution in [0.1, 0.15) is 31.2 Å². The largest absolute Gasteiger partial charge is 0.493 e. The molecule has 1 aromatic carbocycles. The highest BCUT2D eigenvalue weighted by molar-refractivity contribution is 5.74. The predicted octanol–water partition coefficient (Wildman–Crippen LogP) is 2.99. The van der Waals surface area contributed by atoms with Crippen molar-refractivity contribution in [2.45, 2.75) is 38.2 Å². The van der Waals surface area contributed by atoms with Crippen LogP contribution < -0.4 is 14.2 Å². The number of hydrogen-bond donors (Lipinski definition) is 0. The van der Waals surface area contributed by atoms with Gasteiger partial charge in [-0.1, -0.05) is 0 Å². The van der Waals surface area contributed by atoms with Gasteiger partial charge in [0.25, 0.3) is 0 Å². The molecule has 23 heavy (non-hydrogen) atoms. The van der Waals surface area contributed by atoms with Gasteiger partial charge < -0.3 is 18.9 Å². The van der Waals surface area contributed by atoms with E-state index in [1.165, 1.54) is 19.3 Å². The smallest absolute Gasteiger partial charge is 0.310 e. The van der Waals surface area contributed by atoms with Gasteiger partial charge in [-0.15, -0.1) is 0 Å². The second kappa shape index (κ2) is 6.69. The Hall–Kier alpha value is -1.91. The van der Waals surface area contributed by atoms with Crippen LogP contribution in [0.25, 0.3) is 0 Å². The average Bonchev–Trinajstić information content (AvgIpc) is 3.16. The molecule has 0 radical (unpaired) electrons. The Bertz CT molecular complexity index is 558. The molecule has 2 fully saturated rings. The number of methoxy groups -OCH3 is 3. The van der Waals surface area contributed by atoms with E-state index in [0.29, 0.717) is 23.2 Å². The Morgan fingerprint density at radius 1 is 1.04 bits per heavy atom. The third kappa shape index (κ3) is 3.23. The molecular weight excluding hydrogens is 296 g/mol. The first-order valence-corrected chi connectivity index (χ1v) is 8.13. The molecule has 5 nitrogen and oxygen atoms in total. The van der Waals surface area contributed by atoms with Crippen LogP contribution in [0.5, 0.6) is 17.2 Å². The summed E-state index contributed by atoms with van der Waals surface area (Å²) >= 11 is 0. The summed E-state index contributed by atoms with van der Waals surface area (Å²) in [7, 11) is 4.69. The highest BCUT2D eigenvalue weighted by Crippen LogP contribution is 2.46. The van der Waals surface area contributed by atoms with E-state index >= 15 is 0 Å². The maximum atomic E-state index is 12.3. The number of esters is 1. The lowest BCUT2D eigenvalue weighted by Crippen LogP contribution is -2.24. The maximum Gasteiger partial charge on any atom is 0.310 e. The van der Waals surface area contributed by atoms with Gasteiger partial charge in [-0.3, -0.25) is 4.79 Å². The molecule has 126 valence electrons. The molecule has 2 saturated carbocycles. The first-order valence-electron chi connectivity index (χ1n) is 8.13. The van der Waals surface area contributed by atoms with Gasteiger partial charge >= 0.3 is 5.97 Å². The van der Waals surface area contributed by atoms with Crippen molar-refractivity contribution < 1.29 is 23.7 Å². The number of hydrogen-bond acceptors (Lipinski definition) is 5. The standard InChI is InChI=1S/C18H24O5/c1-20-15-8-12(9-16(21-2)18(15)22-3)10-17(19)23-14-7-11-4-5-13(14)6-11/h8-9,11,13-14H,4-7,10H2,1-3H3. The Labute approximate surface area is 136 Å². The molecule has 3 rings (SSSR count). The second-order valence-corrected chi connectivity index (χ2v) is 6.41. The highest BCUT2D eigenvalue weighted by atomic mass is 16.5. The molecule has 0 aromatic heterocycles. The van der Waals surface area contributed by atoms with Gasteiger partial charge in [-0.05, 0) is 55.2 Å². The summed E-state index contributed by atoms with van der Waals surface area (Å²) in [6.45, 7) is 0. The molecule has 2 bridgehead atoms. The molecule has 0 heterocycles. The number of carbonyl (C=O) groups excluding carboxylic acids is 1. The highest BCUT2D eigenvalue weighted by Gasteiger charge is 2.41. The Kier molecular flexibility index (Phi) is 4.64. The van der Waals surface area contributed by atoms with Gasteiger partial charge in [0.1, 0.15) is 6.10 Å².